The monoisotopic (exact) mass is 412 g/mol. The van der Waals surface area contributed by atoms with Gasteiger partial charge in [-0.3, -0.25) is 10.0 Å². The molecular formula is C18H24N2O7S. The van der Waals surface area contributed by atoms with Gasteiger partial charge in [0.2, 0.25) is 10.0 Å². The third-order valence-electron chi connectivity index (χ3n) is 4.32. The summed E-state index contributed by atoms with van der Waals surface area (Å²) in [5.74, 6) is 4.82. The number of β-amino-alcohol motifs (C(OH)–C–C–N with tert-alkyl or cyclic N) is 1. The first-order valence-corrected chi connectivity index (χ1v) is 10.3. The van der Waals surface area contributed by atoms with Gasteiger partial charge in [-0.25, -0.2) is 13.9 Å². The SMILES string of the molecule is CCC(O)C#CCOc1ccc(S(=O)(=O)N2CC(O)CCC2C(=O)NO)cc1. The summed E-state index contributed by atoms with van der Waals surface area (Å²) < 4.78 is 32.1. The number of rotatable bonds is 6. The van der Waals surface area contributed by atoms with E-state index >= 15 is 0 Å². The van der Waals surface area contributed by atoms with Crippen molar-refractivity contribution in [1.82, 2.24) is 9.79 Å². The van der Waals surface area contributed by atoms with E-state index < -0.39 is 34.2 Å². The second-order valence-electron chi connectivity index (χ2n) is 6.30. The van der Waals surface area contributed by atoms with Crippen molar-refractivity contribution in [2.75, 3.05) is 13.2 Å². The Kier molecular flexibility index (Phi) is 7.79. The van der Waals surface area contributed by atoms with Crippen molar-refractivity contribution in [2.24, 2.45) is 0 Å². The second kappa shape index (κ2) is 9.86. The number of aliphatic hydroxyl groups excluding tert-OH is 2. The van der Waals surface area contributed by atoms with E-state index in [4.69, 9.17) is 9.94 Å². The average molecular weight is 412 g/mol. The lowest BCUT2D eigenvalue weighted by atomic mass is 10.0. The number of hydrogen-bond donors (Lipinski definition) is 4. The van der Waals surface area contributed by atoms with Gasteiger partial charge >= 0.3 is 0 Å². The maximum atomic E-state index is 12.9. The van der Waals surface area contributed by atoms with Gasteiger partial charge in [-0.05, 0) is 43.5 Å². The predicted octanol–water partition coefficient (Wildman–Crippen LogP) is -0.141. The molecule has 1 aliphatic rings. The Labute approximate surface area is 163 Å². The van der Waals surface area contributed by atoms with Crippen molar-refractivity contribution in [3.05, 3.63) is 24.3 Å². The zero-order valence-electron chi connectivity index (χ0n) is 15.4. The van der Waals surface area contributed by atoms with Gasteiger partial charge in [-0.1, -0.05) is 18.8 Å². The van der Waals surface area contributed by atoms with Crippen LogP contribution in [0.3, 0.4) is 0 Å². The quantitative estimate of drug-likeness (QED) is 0.290. The van der Waals surface area contributed by atoms with E-state index in [0.717, 1.165) is 4.31 Å². The zero-order valence-corrected chi connectivity index (χ0v) is 16.2. The normalized spacial score (nSPS) is 21.3. The van der Waals surface area contributed by atoms with Crippen molar-refractivity contribution < 1.29 is 33.4 Å². The highest BCUT2D eigenvalue weighted by Gasteiger charge is 2.40. The predicted molar refractivity (Wildman–Crippen MR) is 98.9 cm³/mol. The van der Waals surface area contributed by atoms with Gasteiger partial charge in [0.25, 0.3) is 5.91 Å². The van der Waals surface area contributed by atoms with E-state index in [0.29, 0.717) is 12.2 Å². The molecule has 0 radical (unpaired) electrons. The van der Waals surface area contributed by atoms with Crippen LogP contribution in [0.1, 0.15) is 26.2 Å². The molecule has 1 heterocycles. The molecule has 1 aromatic carbocycles. The Morgan fingerprint density at radius 2 is 2.04 bits per heavy atom. The number of aliphatic hydroxyl groups is 2. The molecule has 0 bridgehead atoms. The molecule has 1 saturated heterocycles. The van der Waals surface area contributed by atoms with Gasteiger partial charge < -0.3 is 14.9 Å². The van der Waals surface area contributed by atoms with Crippen LogP contribution in [-0.2, 0) is 14.8 Å². The number of hydrogen-bond acceptors (Lipinski definition) is 7. The molecule has 0 saturated carbocycles. The van der Waals surface area contributed by atoms with Crippen LogP contribution in [0.4, 0.5) is 0 Å². The van der Waals surface area contributed by atoms with Gasteiger partial charge in [0.05, 0.1) is 11.0 Å². The van der Waals surface area contributed by atoms with Crippen LogP contribution in [0.25, 0.3) is 0 Å². The molecule has 4 N–H and O–H groups in total. The molecule has 2 rings (SSSR count). The summed E-state index contributed by atoms with van der Waals surface area (Å²) in [6, 6.07) is 4.45. The summed E-state index contributed by atoms with van der Waals surface area (Å²) in [6.07, 6.45) is -0.738. The van der Waals surface area contributed by atoms with Crippen LogP contribution in [0.5, 0.6) is 5.75 Å². The molecule has 0 aromatic heterocycles. The minimum atomic E-state index is -4.07. The maximum absolute atomic E-state index is 12.9. The van der Waals surface area contributed by atoms with E-state index in [2.05, 4.69) is 11.8 Å². The lowest BCUT2D eigenvalue weighted by molar-refractivity contribution is -0.135. The molecule has 154 valence electrons. The fourth-order valence-electron chi connectivity index (χ4n) is 2.75. The zero-order chi connectivity index (χ0) is 20.7. The number of sulfonamides is 1. The van der Waals surface area contributed by atoms with Gasteiger partial charge in [-0.15, -0.1) is 0 Å². The molecule has 10 heteroatoms. The lowest BCUT2D eigenvalue weighted by Crippen LogP contribution is -2.54. The lowest BCUT2D eigenvalue weighted by Gasteiger charge is -2.35. The molecule has 1 amide bonds. The minimum Gasteiger partial charge on any atom is -0.481 e. The largest absolute Gasteiger partial charge is 0.481 e. The van der Waals surface area contributed by atoms with Crippen LogP contribution < -0.4 is 10.2 Å². The van der Waals surface area contributed by atoms with E-state index in [1.807, 2.05) is 0 Å². The third-order valence-corrected chi connectivity index (χ3v) is 6.21. The fourth-order valence-corrected chi connectivity index (χ4v) is 4.40. The Hall–Kier alpha value is -2.16. The highest BCUT2D eigenvalue weighted by Crippen LogP contribution is 2.27. The van der Waals surface area contributed by atoms with E-state index in [9.17, 15) is 23.4 Å². The van der Waals surface area contributed by atoms with Crippen LogP contribution in [-0.4, -0.2) is 65.5 Å². The number of ether oxygens (including phenoxy) is 1. The molecule has 0 spiro atoms. The number of carbonyl (C=O) groups excluding carboxylic acids is 1. The van der Waals surface area contributed by atoms with Crippen molar-refractivity contribution in [3.8, 4) is 17.6 Å². The van der Waals surface area contributed by atoms with Crippen LogP contribution in [0, 0.1) is 11.8 Å². The van der Waals surface area contributed by atoms with Gasteiger partial charge in [0.1, 0.15) is 24.5 Å². The first kappa shape index (κ1) is 22.1. The van der Waals surface area contributed by atoms with Crippen LogP contribution >= 0.6 is 0 Å². The number of nitrogens with zero attached hydrogens (tertiary/aromatic N) is 1. The number of amides is 1. The summed E-state index contributed by atoms with van der Waals surface area (Å²) in [5.41, 5.74) is 1.48. The molecule has 0 aliphatic carbocycles. The molecule has 9 nitrogen and oxygen atoms in total. The summed E-state index contributed by atoms with van der Waals surface area (Å²) in [4.78, 5) is 11.8. The van der Waals surface area contributed by atoms with Crippen molar-refractivity contribution in [2.45, 2.75) is 49.3 Å². The number of hydroxylamine groups is 1. The Balaban J connectivity index is 2.13. The molecule has 1 fully saturated rings. The van der Waals surface area contributed by atoms with Gasteiger partial charge in [-0.2, -0.15) is 4.31 Å². The Bertz CT molecular complexity index is 830. The van der Waals surface area contributed by atoms with E-state index in [1.54, 1.807) is 6.92 Å². The average Bonchev–Trinajstić information content (AvgIpc) is 2.70. The van der Waals surface area contributed by atoms with Crippen LogP contribution in [0.2, 0.25) is 0 Å². The fraction of sp³-hybridized carbons (Fsp3) is 0.500. The first-order chi connectivity index (χ1) is 13.3. The maximum Gasteiger partial charge on any atom is 0.261 e. The van der Waals surface area contributed by atoms with Gasteiger partial charge in [0.15, 0.2) is 0 Å². The summed E-state index contributed by atoms with van der Waals surface area (Å²) in [5, 5.41) is 28.0. The van der Waals surface area contributed by atoms with Gasteiger partial charge in [0, 0.05) is 6.54 Å². The van der Waals surface area contributed by atoms with Crippen molar-refractivity contribution in [1.29, 1.82) is 0 Å². The third kappa shape index (κ3) is 5.43. The number of nitrogens with one attached hydrogen (secondary N) is 1. The van der Waals surface area contributed by atoms with Crippen LogP contribution in [0.15, 0.2) is 29.2 Å². The van der Waals surface area contributed by atoms with E-state index in [-0.39, 0.29) is 30.9 Å². The standard InChI is InChI=1S/C18H24N2O7S/c1-2-13(21)4-3-11-27-15-6-8-16(9-7-15)28(25,26)20-12-14(22)5-10-17(20)18(23)19-24/h6-9,13-14,17,21-22,24H,2,5,10-12H2,1H3,(H,19,23). The first-order valence-electron chi connectivity index (χ1n) is 8.82. The number of piperidine rings is 1. The topological polar surface area (TPSA) is 136 Å². The highest BCUT2D eigenvalue weighted by atomic mass is 32.2. The molecule has 1 aromatic rings. The van der Waals surface area contributed by atoms with Crippen molar-refractivity contribution >= 4 is 15.9 Å². The summed E-state index contributed by atoms with van der Waals surface area (Å²) >= 11 is 0. The van der Waals surface area contributed by atoms with E-state index in [1.165, 1.54) is 29.7 Å². The molecule has 3 atom stereocenters. The molecule has 3 unspecified atom stereocenters. The highest BCUT2D eigenvalue weighted by molar-refractivity contribution is 7.89. The number of benzene rings is 1. The molecule has 1 aliphatic heterocycles. The minimum absolute atomic E-state index is 0.0419. The second-order valence-corrected chi connectivity index (χ2v) is 8.19. The number of carbonyl (C=O) groups is 1. The Morgan fingerprint density at radius 1 is 1.36 bits per heavy atom. The smallest absolute Gasteiger partial charge is 0.261 e. The molecular weight excluding hydrogens is 388 g/mol. The Morgan fingerprint density at radius 3 is 2.64 bits per heavy atom. The van der Waals surface area contributed by atoms with Crippen molar-refractivity contribution in [3.63, 3.8) is 0 Å². The summed E-state index contributed by atoms with van der Waals surface area (Å²) in [7, 11) is -4.07. The summed E-state index contributed by atoms with van der Waals surface area (Å²) in [6.45, 7) is 1.60. The molecule has 28 heavy (non-hydrogen) atoms.